The minimum absolute atomic E-state index is 0.0132. The van der Waals surface area contributed by atoms with Crippen molar-refractivity contribution in [2.24, 2.45) is 5.73 Å². The number of cyclic esters (lactones) is 1. The fourth-order valence-electron chi connectivity index (χ4n) is 3.21. The third-order valence-corrected chi connectivity index (χ3v) is 4.47. The van der Waals surface area contributed by atoms with E-state index in [4.69, 9.17) is 15.9 Å². The SMILES string of the molecule is CC(C)c1c(O)cc(O)c2c1CC(=N)/C=C/C[C@H](N)/C=C/C[C@@H](C)OC2=O. The zero-order chi connectivity index (χ0) is 20.1. The van der Waals surface area contributed by atoms with Gasteiger partial charge in [-0.25, -0.2) is 4.79 Å². The van der Waals surface area contributed by atoms with Gasteiger partial charge in [-0.2, -0.15) is 0 Å². The molecule has 0 bridgehead atoms. The summed E-state index contributed by atoms with van der Waals surface area (Å²) in [5.74, 6) is -1.20. The first-order valence-corrected chi connectivity index (χ1v) is 9.15. The molecule has 2 atom stereocenters. The zero-order valence-corrected chi connectivity index (χ0v) is 16.0. The Balaban J connectivity index is 2.59. The largest absolute Gasteiger partial charge is 0.508 e. The molecule has 27 heavy (non-hydrogen) atoms. The summed E-state index contributed by atoms with van der Waals surface area (Å²) < 4.78 is 5.49. The molecule has 1 aliphatic heterocycles. The maximum Gasteiger partial charge on any atom is 0.342 e. The van der Waals surface area contributed by atoms with E-state index >= 15 is 0 Å². The van der Waals surface area contributed by atoms with Crippen LogP contribution < -0.4 is 5.73 Å². The number of hydrogen-bond acceptors (Lipinski definition) is 6. The second kappa shape index (κ2) is 8.86. The van der Waals surface area contributed by atoms with Crippen molar-refractivity contribution >= 4 is 11.7 Å². The summed E-state index contributed by atoms with van der Waals surface area (Å²) in [5.41, 5.74) is 7.22. The van der Waals surface area contributed by atoms with E-state index in [1.165, 1.54) is 6.07 Å². The van der Waals surface area contributed by atoms with E-state index in [1.54, 1.807) is 13.0 Å². The number of benzene rings is 1. The Bertz CT molecular complexity index is 781. The van der Waals surface area contributed by atoms with Crippen LogP contribution in [0.5, 0.6) is 11.5 Å². The van der Waals surface area contributed by atoms with Crippen molar-refractivity contribution in [1.82, 2.24) is 0 Å². The second-order valence-electron chi connectivity index (χ2n) is 7.22. The monoisotopic (exact) mass is 372 g/mol. The first kappa shape index (κ1) is 20.7. The summed E-state index contributed by atoms with van der Waals surface area (Å²) in [6.07, 6.45) is 7.96. The number of phenols is 2. The maximum absolute atomic E-state index is 12.8. The minimum atomic E-state index is -0.663. The highest BCUT2D eigenvalue weighted by molar-refractivity contribution is 6.00. The van der Waals surface area contributed by atoms with Gasteiger partial charge in [-0.15, -0.1) is 0 Å². The molecule has 146 valence electrons. The van der Waals surface area contributed by atoms with Crippen LogP contribution in [0.3, 0.4) is 0 Å². The Labute approximate surface area is 159 Å². The highest BCUT2D eigenvalue weighted by Gasteiger charge is 2.26. The molecule has 1 aliphatic rings. The smallest absolute Gasteiger partial charge is 0.342 e. The summed E-state index contributed by atoms with van der Waals surface area (Å²) in [7, 11) is 0. The average molecular weight is 372 g/mol. The summed E-state index contributed by atoms with van der Waals surface area (Å²) in [4.78, 5) is 12.8. The Morgan fingerprint density at radius 3 is 2.59 bits per heavy atom. The van der Waals surface area contributed by atoms with E-state index < -0.39 is 12.1 Å². The summed E-state index contributed by atoms with van der Waals surface area (Å²) in [6.45, 7) is 5.53. The molecule has 0 fully saturated rings. The van der Waals surface area contributed by atoms with Gasteiger partial charge in [-0.05, 0) is 30.9 Å². The molecule has 5 N–H and O–H groups in total. The Morgan fingerprint density at radius 2 is 1.93 bits per heavy atom. The number of ether oxygens (including phenoxy) is 1. The van der Waals surface area contributed by atoms with Gasteiger partial charge >= 0.3 is 5.97 Å². The number of nitrogens with two attached hydrogens (primary N) is 1. The molecular formula is C21H28N2O4. The van der Waals surface area contributed by atoms with Crippen LogP contribution in [-0.4, -0.2) is 34.0 Å². The third-order valence-electron chi connectivity index (χ3n) is 4.47. The van der Waals surface area contributed by atoms with Crippen molar-refractivity contribution in [2.45, 2.75) is 58.1 Å². The molecule has 0 radical (unpaired) electrons. The Morgan fingerprint density at radius 1 is 1.22 bits per heavy atom. The van der Waals surface area contributed by atoms with E-state index in [1.807, 2.05) is 32.1 Å². The topological polar surface area (TPSA) is 117 Å². The normalized spacial score (nSPS) is 24.0. The fraction of sp³-hybridized carbons (Fsp3) is 0.429. The van der Waals surface area contributed by atoms with Crippen LogP contribution in [0.2, 0.25) is 0 Å². The molecule has 0 aliphatic carbocycles. The summed E-state index contributed by atoms with van der Waals surface area (Å²) in [6, 6.07) is 0.994. The van der Waals surface area contributed by atoms with Crippen molar-refractivity contribution < 1.29 is 19.7 Å². The minimum Gasteiger partial charge on any atom is -0.508 e. The van der Waals surface area contributed by atoms with E-state index in [-0.39, 0.29) is 41.2 Å². The number of carbonyl (C=O) groups excluding carboxylic acids is 1. The number of allylic oxidation sites excluding steroid dienone is 1. The van der Waals surface area contributed by atoms with Crippen molar-refractivity contribution in [2.75, 3.05) is 0 Å². The number of hydrogen-bond donors (Lipinski definition) is 4. The number of rotatable bonds is 1. The van der Waals surface area contributed by atoms with Gasteiger partial charge in [0, 0.05) is 36.2 Å². The van der Waals surface area contributed by atoms with Gasteiger partial charge in [0.05, 0.1) is 0 Å². The van der Waals surface area contributed by atoms with Crippen LogP contribution in [-0.2, 0) is 11.2 Å². The van der Waals surface area contributed by atoms with Crippen molar-refractivity contribution in [3.63, 3.8) is 0 Å². The predicted octanol–water partition coefficient (Wildman–Crippen LogP) is 3.56. The number of phenolic OH excluding ortho intramolecular Hbond substituents is 2. The maximum atomic E-state index is 12.8. The molecule has 1 aromatic rings. The first-order valence-electron chi connectivity index (χ1n) is 9.15. The molecule has 0 saturated heterocycles. The molecule has 1 aromatic carbocycles. The summed E-state index contributed by atoms with van der Waals surface area (Å²) >= 11 is 0. The van der Waals surface area contributed by atoms with E-state index in [2.05, 4.69) is 0 Å². The van der Waals surface area contributed by atoms with Crippen LogP contribution >= 0.6 is 0 Å². The quantitative estimate of drug-likeness (QED) is 0.444. The number of aromatic hydroxyl groups is 2. The van der Waals surface area contributed by atoms with Crippen LogP contribution in [0.4, 0.5) is 0 Å². The van der Waals surface area contributed by atoms with Gasteiger partial charge in [0.1, 0.15) is 23.2 Å². The average Bonchev–Trinajstić information content (AvgIpc) is 2.52. The highest BCUT2D eigenvalue weighted by atomic mass is 16.5. The van der Waals surface area contributed by atoms with Crippen molar-refractivity contribution in [1.29, 1.82) is 5.41 Å². The van der Waals surface area contributed by atoms with Gasteiger partial charge in [0.15, 0.2) is 0 Å². The van der Waals surface area contributed by atoms with E-state index in [0.717, 1.165) is 0 Å². The lowest BCUT2D eigenvalue weighted by atomic mass is 9.88. The molecule has 0 spiro atoms. The van der Waals surface area contributed by atoms with Crippen LogP contribution in [0.25, 0.3) is 0 Å². The van der Waals surface area contributed by atoms with Gasteiger partial charge in [-0.1, -0.05) is 32.1 Å². The Hall–Kier alpha value is -2.60. The van der Waals surface area contributed by atoms with Gasteiger partial charge in [-0.3, -0.25) is 0 Å². The van der Waals surface area contributed by atoms with Gasteiger partial charge in [0.25, 0.3) is 0 Å². The molecular weight excluding hydrogens is 344 g/mol. The molecule has 1 heterocycles. The van der Waals surface area contributed by atoms with E-state index in [0.29, 0.717) is 24.0 Å². The van der Waals surface area contributed by atoms with Crippen LogP contribution in [0.15, 0.2) is 30.4 Å². The zero-order valence-electron chi connectivity index (χ0n) is 16.0. The molecule has 2 rings (SSSR count). The molecule has 6 heteroatoms. The van der Waals surface area contributed by atoms with Gasteiger partial charge < -0.3 is 26.1 Å². The second-order valence-corrected chi connectivity index (χ2v) is 7.22. The third kappa shape index (κ3) is 5.20. The number of carbonyl (C=O) groups is 1. The fourth-order valence-corrected chi connectivity index (χ4v) is 3.21. The van der Waals surface area contributed by atoms with Crippen molar-refractivity contribution in [3.8, 4) is 11.5 Å². The molecule has 0 aromatic heterocycles. The van der Waals surface area contributed by atoms with Crippen molar-refractivity contribution in [3.05, 3.63) is 47.1 Å². The highest BCUT2D eigenvalue weighted by Crippen LogP contribution is 2.38. The van der Waals surface area contributed by atoms with Crippen LogP contribution in [0.1, 0.15) is 61.0 Å². The molecule has 0 unspecified atom stereocenters. The summed E-state index contributed by atoms with van der Waals surface area (Å²) in [5, 5.41) is 28.9. The number of nitrogens with one attached hydrogen (secondary N) is 1. The molecule has 6 nitrogen and oxygen atoms in total. The van der Waals surface area contributed by atoms with Crippen LogP contribution in [0, 0.1) is 5.41 Å². The lowest BCUT2D eigenvalue weighted by Crippen LogP contribution is -2.20. The molecule has 0 saturated carbocycles. The predicted molar refractivity (Wildman–Crippen MR) is 106 cm³/mol. The van der Waals surface area contributed by atoms with Gasteiger partial charge in [0.2, 0.25) is 0 Å². The number of fused-ring (bicyclic) bond motifs is 1. The Kier molecular flexibility index (Phi) is 6.80. The molecule has 0 amide bonds. The number of esters is 1. The lowest BCUT2D eigenvalue weighted by Gasteiger charge is -2.21. The lowest BCUT2D eigenvalue weighted by molar-refractivity contribution is 0.0343. The van der Waals surface area contributed by atoms with E-state index in [9.17, 15) is 15.0 Å². The first-order chi connectivity index (χ1) is 12.7. The standard InChI is InChI=1S/C21H28N2O4/c1-12(2)19-16-10-15(23)9-5-8-14(22)7-4-6-13(3)27-21(26)20(16)18(25)11-17(19)24/h4-5,7,9,11-14,23-25H,6,8,10,22H2,1-3H3/b7-4+,9-5+,23-15?/t13-,14-/m1/s1.